The van der Waals surface area contributed by atoms with Gasteiger partial charge in [0.15, 0.2) is 0 Å². The molecule has 5 heteroatoms. The van der Waals surface area contributed by atoms with Gasteiger partial charge in [0, 0.05) is 38.8 Å². The summed E-state index contributed by atoms with van der Waals surface area (Å²) < 4.78 is 5.27. The Morgan fingerprint density at radius 3 is 2.33 bits per heavy atom. The SMILES string of the molecule is CCCNC(C)(CN1CCN(C(C)C)CC1)C(=O)OCC. The van der Waals surface area contributed by atoms with Gasteiger partial charge in [-0.25, -0.2) is 0 Å². The molecule has 0 bridgehead atoms. The molecule has 0 aromatic rings. The van der Waals surface area contributed by atoms with Crippen molar-refractivity contribution in [2.75, 3.05) is 45.9 Å². The summed E-state index contributed by atoms with van der Waals surface area (Å²) in [6, 6.07) is 0.599. The Morgan fingerprint density at radius 1 is 1.24 bits per heavy atom. The molecule has 0 amide bonds. The molecule has 1 saturated heterocycles. The fourth-order valence-electron chi connectivity index (χ4n) is 2.77. The third-order valence-corrected chi connectivity index (χ3v) is 4.17. The second-order valence-electron chi connectivity index (χ2n) is 6.39. The number of carbonyl (C=O) groups is 1. The first-order valence-corrected chi connectivity index (χ1v) is 8.31. The van der Waals surface area contributed by atoms with Gasteiger partial charge in [-0.2, -0.15) is 0 Å². The maximum Gasteiger partial charge on any atom is 0.327 e. The molecule has 124 valence electrons. The quantitative estimate of drug-likeness (QED) is 0.685. The van der Waals surface area contributed by atoms with Crippen molar-refractivity contribution in [1.29, 1.82) is 0 Å². The number of esters is 1. The summed E-state index contributed by atoms with van der Waals surface area (Å²) in [5.41, 5.74) is -0.605. The first kappa shape index (κ1) is 18.4. The van der Waals surface area contributed by atoms with Crippen LogP contribution in [0.25, 0.3) is 0 Å². The van der Waals surface area contributed by atoms with Gasteiger partial charge in [-0.15, -0.1) is 0 Å². The van der Waals surface area contributed by atoms with Gasteiger partial charge in [0.05, 0.1) is 6.61 Å². The normalized spacial score (nSPS) is 20.5. The standard InChI is InChI=1S/C16H33N3O2/c1-6-8-17-16(5,15(20)21-7-2)13-18-9-11-19(12-10-18)14(3)4/h14,17H,6-13H2,1-5H3. The highest BCUT2D eigenvalue weighted by Crippen LogP contribution is 2.13. The van der Waals surface area contributed by atoms with Crippen LogP contribution in [-0.2, 0) is 9.53 Å². The molecule has 5 nitrogen and oxygen atoms in total. The van der Waals surface area contributed by atoms with Crippen LogP contribution in [-0.4, -0.2) is 73.2 Å². The van der Waals surface area contributed by atoms with E-state index < -0.39 is 5.54 Å². The fraction of sp³-hybridized carbons (Fsp3) is 0.938. The molecule has 1 heterocycles. The van der Waals surface area contributed by atoms with Crippen molar-refractivity contribution in [3.63, 3.8) is 0 Å². The van der Waals surface area contributed by atoms with Crippen molar-refractivity contribution in [3.05, 3.63) is 0 Å². The van der Waals surface area contributed by atoms with Crippen molar-refractivity contribution < 1.29 is 9.53 Å². The van der Waals surface area contributed by atoms with Crippen LogP contribution in [0.2, 0.25) is 0 Å². The molecular formula is C16H33N3O2. The Balaban J connectivity index is 2.59. The molecule has 1 unspecified atom stereocenters. The summed E-state index contributed by atoms with van der Waals surface area (Å²) in [5, 5.41) is 3.38. The van der Waals surface area contributed by atoms with E-state index in [0.29, 0.717) is 12.6 Å². The largest absolute Gasteiger partial charge is 0.465 e. The predicted octanol–water partition coefficient (Wildman–Crippen LogP) is 1.33. The van der Waals surface area contributed by atoms with Crippen LogP contribution in [0.3, 0.4) is 0 Å². The van der Waals surface area contributed by atoms with Gasteiger partial charge in [0.25, 0.3) is 0 Å². The number of hydrogen-bond donors (Lipinski definition) is 1. The van der Waals surface area contributed by atoms with Gasteiger partial charge in [0.2, 0.25) is 0 Å². The van der Waals surface area contributed by atoms with Gasteiger partial charge in [-0.05, 0) is 40.7 Å². The van der Waals surface area contributed by atoms with E-state index in [0.717, 1.165) is 45.7 Å². The number of nitrogens with one attached hydrogen (secondary N) is 1. The van der Waals surface area contributed by atoms with Gasteiger partial charge < -0.3 is 10.1 Å². The summed E-state index contributed by atoms with van der Waals surface area (Å²) in [6.45, 7) is 16.6. The van der Waals surface area contributed by atoms with E-state index in [9.17, 15) is 4.79 Å². The molecule has 0 radical (unpaired) electrons. The molecule has 0 spiro atoms. The average Bonchev–Trinajstić information content (AvgIpc) is 2.46. The highest BCUT2D eigenvalue weighted by molar-refractivity contribution is 5.80. The fourth-order valence-corrected chi connectivity index (χ4v) is 2.77. The van der Waals surface area contributed by atoms with Crippen LogP contribution >= 0.6 is 0 Å². The highest BCUT2D eigenvalue weighted by Gasteiger charge is 2.36. The zero-order valence-electron chi connectivity index (χ0n) is 14.4. The van der Waals surface area contributed by atoms with Crippen molar-refractivity contribution in [3.8, 4) is 0 Å². The van der Waals surface area contributed by atoms with E-state index in [1.54, 1.807) is 0 Å². The molecule has 0 aliphatic carbocycles. The highest BCUT2D eigenvalue weighted by atomic mass is 16.5. The van der Waals surface area contributed by atoms with E-state index in [-0.39, 0.29) is 5.97 Å². The molecule has 0 aromatic heterocycles. The van der Waals surface area contributed by atoms with Crippen LogP contribution in [0.4, 0.5) is 0 Å². The minimum Gasteiger partial charge on any atom is -0.465 e. The lowest BCUT2D eigenvalue weighted by atomic mass is 10.0. The summed E-state index contributed by atoms with van der Waals surface area (Å²) in [6.07, 6.45) is 1.01. The summed E-state index contributed by atoms with van der Waals surface area (Å²) in [5.74, 6) is -0.135. The molecule has 1 atom stereocenters. The van der Waals surface area contributed by atoms with Crippen molar-refractivity contribution in [2.24, 2.45) is 0 Å². The first-order chi connectivity index (χ1) is 9.92. The van der Waals surface area contributed by atoms with Crippen LogP contribution < -0.4 is 5.32 Å². The summed E-state index contributed by atoms with van der Waals surface area (Å²) in [7, 11) is 0. The number of rotatable bonds is 8. The second-order valence-corrected chi connectivity index (χ2v) is 6.39. The van der Waals surface area contributed by atoms with Gasteiger partial charge in [-0.1, -0.05) is 6.92 Å². The monoisotopic (exact) mass is 299 g/mol. The Kier molecular flexibility index (Phi) is 7.63. The Morgan fingerprint density at radius 2 is 1.86 bits per heavy atom. The van der Waals surface area contributed by atoms with E-state index in [2.05, 4.69) is 35.9 Å². The topological polar surface area (TPSA) is 44.8 Å². The number of nitrogens with zero attached hydrogens (tertiary/aromatic N) is 2. The maximum atomic E-state index is 12.3. The number of carbonyl (C=O) groups excluding carboxylic acids is 1. The summed E-state index contributed by atoms with van der Waals surface area (Å²) >= 11 is 0. The van der Waals surface area contributed by atoms with Gasteiger partial charge in [0.1, 0.15) is 5.54 Å². The lowest BCUT2D eigenvalue weighted by molar-refractivity contribution is -0.151. The van der Waals surface area contributed by atoms with Crippen LogP contribution in [0.1, 0.15) is 41.0 Å². The van der Waals surface area contributed by atoms with Gasteiger partial charge in [-0.3, -0.25) is 14.6 Å². The molecule has 1 aliphatic rings. The zero-order chi connectivity index (χ0) is 15.9. The number of ether oxygens (including phenoxy) is 1. The summed E-state index contributed by atoms with van der Waals surface area (Å²) in [4.78, 5) is 17.2. The van der Waals surface area contributed by atoms with Crippen molar-refractivity contribution in [2.45, 2.75) is 52.6 Å². The van der Waals surface area contributed by atoms with Crippen LogP contribution in [0.15, 0.2) is 0 Å². The molecule has 0 aromatic carbocycles. The van der Waals surface area contributed by atoms with E-state index >= 15 is 0 Å². The molecule has 1 N–H and O–H groups in total. The lowest BCUT2D eigenvalue weighted by Crippen LogP contribution is -2.60. The van der Waals surface area contributed by atoms with Gasteiger partial charge >= 0.3 is 5.97 Å². The van der Waals surface area contributed by atoms with Crippen LogP contribution in [0, 0.1) is 0 Å². The number of hydrogen-bond acceptors (Lipinski definition) is 5. The smallest absolute Gasteiger partial charge is 0.327 e. The average molecular weight is 299 g/mol. The molecule has 1 aliphatic heterocycles. The first-order valence-electron chi connectivity index (χ1n) is 8.31. The van der Waals surface area contributed by atoms with E-state index in [1.165, 1.54) is 0 Å². The molecule has 21 heavy (non-hydrogen) atoms. The Hall–Kier alpha value is -0.650. The Bertz CT molecular complexity index is 315. The van der Waals surface area contributed by atoms with E-state index in [1.807, 2.05) is 13.8 Å². The van der Waals surface area contributed by atoms with E-state index in [4.69, 9.17) is 4.74 Å². The van der Waals surface area contributed by atoms with Crippen molar-refractivity contribution >= 4 is 5.97 Å². The third-order valence-electron chi connectivity index (χ3n) is 4.17. The molecular weight excluding hydrogens is 266 g/mol. The third kappa shape index (κ3) is 5.57. The second kappa shape index (κ2) is 8.71. The lowest BCUT2D eigenvalue weighted by Gasteiger charge is -2.40. The molecule has 0 saturated carbocycles. The van der Waals surface area contributed by atoms with Crippen molar-refractivity contribution in [1.82, 2.24) is 15.1 Å². The minimum atomic E-state index is -0.605. The molecule has 1 fully saturated rings. The number of piperazine rings is 1. The molecule has 1 rings (SSSR count). The Labute approximate surface area is 130 Å². The predicted molar refractivity (Wildman–Crippen MR) is 86.5 cm³/mol. The minimum absolute atomic E-state index is 0.135. The van der Waals surface area contributed by atoms with Crippen LogP contribution in [0.5, 0.6) is 0 Å². The zero-order valence-corrected chi connectivity index (χ0v) is 14.4. The maximum absolute atomic E-state index is 12.3.